The molecule has 4 heterocycles. The van der Waals surface area contributed by atoms with Crippen molar-refractivity contribution in [3.63, 3.8) is 0 Å². The van der Waals surface area contributed by atoms with Crippen LogP contribution in [-0.2, 0) is 4.79 Å². The van der Waals surface area contributed by atoms with Gasteiger partial charge in [-0.15, -0.1) is 15.3 Å². The predicted molar refractivity (Wildman–Crippen MR) is 99.1 cm³/mol. The number of rotatable bonds is 2. The molecule has 0 saturated carbocycles. The van der Waals surface area contributed by atoms with Crippen LogP contribution in [0.4, 0.5) is 10.2 Å². The Balaban J connectivity index is 1.69. The van der Waals surface area contributed by atoms with Crippen LogP contribution < -0.4 is 5.32 Å². The van der Waals surface area contributed by atoms with E-state index in [1.54, 1.807) is 22.9 Å². The minimum absolute atomic E-state index is 0.176. The van der Waals surface area contributed by atoms with Gasteiger partial charge in [0.2, 0.25) is 5.91 Å². The van der Waals surface area contributed by atoms with Crippen molar-refractivity contribution in [2.24, 2.45) is 0 Å². The van der Waals surface area contributed by atoms with Gasteiger partial charge < -0.3 is 5.32 Å². The van der Waals surface area contributed by atoms with E-state index in [0.29, 0.717) is 22.8 Å². The summed E-state index contributed by atoms with van der Waals surface area (Å²) in [6.07, 6.45) is 1.68. The molecule has 1 aliphatic rings. The Morgan fingerprint density at radius 3 is 2.93 bits per heavy atom. The molecule has 8 nitrogen and oxygen atoms in total. The molecule has 3 aromatic heterocycles. The Morgan fingerprint density at radius 2 is 2.11 bits per heavy atom. The fourth-order valence-electron chi connectivity index (χ4n) is 3.59. The second-order valence-electron chi connectivity index (χ2n) is 6.56. The van der Waals surface area contributed by atoms with E-state index in [0.717, 1.165) is 11.3 Å². The van der Waals surface area contributed by atoms with E-state index in [2.05, 4.69) is 25.7 Å². The number of hydrogen-bond acceptors (Lipinski definition) is 5. The van der Waals surface area contributed by atoms with Crippen molar-refractivity contribution in [1.82, 2.24) is 29.6 Å². The molecule has 1 aromatic carbocycles. The minimum Gasteiger partial charge on any atom is -0.310 e. The van der Waals surface area contributed by atoms with Crippen LogP contribution in [0.15, 0.2) is 36.7 Å². The molecule has 0 radical (unpaired) electrons. The highest BCUT2D eigenvalue weighted by atomic mass is 35.5. The van der Waals surface area contributed by atoms with Gasteiger partial charge in [-0.3, -0.25) is 4.79 Å². The first-order chi connectivity index (χ1) is 13.5. The summed E-state index contributed by atoms with van der Waals surface area (Å²) in [7, 11) is 0. The summed E-state index contributed by atoms with van der Waals surface area (Å²) in [5.41, 5.74) is 2.84. The van der Waals surface area contributed by atoms with Crippen molar-refractivity contribution < 1.29 is 9.18 Å². The van der Waals surface area contributed by atoms with Gasteiger partial charge in [0.25, 0.3) is 0 Å². The van der Waals surface area contributed by atoms with Crippen LogP contribution in [0, 0.1) is 12.7 Å². The van der Waals surface area contributed by atoms with Crippen LogP contribution in [-0.4, -0.2) is 35.5 Å². The number of aromatic nitrogens is 6. The summed E-state index contributed by atoms with van der Waals surface area (Å²) in [5.74, 6) is 0.101. The van der Waals surface area contributed by atoms with Gasteiger partial charge in [0.1, 0.15) is 18.0 Å². The van der Waals surface area contributed by atoms with Gasteiger partial charge in [-0.05, 0) is 36.8 Å². The number of carbonyl (C=O) groups excluding carboxylic acids is 1. The quantitative estimate of drug-likeness (QED) is 0.561. The summed E-state index contributed by atoms with van der Waals surface area (Å²) in [6, 6.07) is 7.72. The molecule has 0 aliphatic carbocycles. The third-order valence-electron chi connectivity index (χ3n) is 4.81. The van der Waals surface area contributed by atoms with Crippen LogP contribution in [0.25, 0.3) is 11.5 Å². The predicted octanol–water partition coefficient (Wildman–Crippen LogP) is 2.89. The zero-order valence-corrected chi connectivity index (χ0v) is 15.4. The Bertz CT molecular complexity index is 1250. The summed E-state index contributed by atoms with van der Waals surface area (Å²) in [6.45, 7) is 1.86. The van der Waals surface area contributed by atoms with Crippen LogP contribution in [0.1, 0.15) is 29.2 Å². The molecule has 5 rings (SSSR count). The molecule has 1 amide bonds. The number of carbonyl (C=O) groups is 1. The third-order valence-corrected chi connectivity index (χ3v) is 5.13. The zero-order chi connectivity index (χ0) is 19.4. The normalized spacial score (nSPS) is 16.2. The van der Waals surface area contributed by atoms with Gasteiger partial charge in [0, 0.05) is 22.9 Å². The third kappa shape index (κ3) is 2.55. The van der Waals surface area contributed by atoms with Crippen LogP contribution in [0.3, 0.4) is 0 Å². The maximum Gasteiger partial charge on any atom is 0.226 e. The first-order valence-electron chi connectivity index (χ1n) is 8.53. The highest BCUT2D eigenvalue weighted by Gasteiger charge is 2.34. The van der Waals surface area contributed by atoms with Gasteiger partial charge in [-0.25, -0.2) is 4.39 Å². The Labute approximate surface area is 163 Å². The van der Waals surface area contributed by atoms with Crippen molar-refractivity contribution in [2.75, 3.05) is 5.32 Å². The molecule has 0 unspecified atom stereocenters. The monoisotopic (exact) mass is 397 g/mol. The van der Waals surface area contributed by atoms with Crippen molar-refractivity contribution >= 4 is 29.0 Å². The van der Waals surface area contributed by atoms with E-state index in [4.69, 9.17) is 11.6 Å². The molecule has 1 atom stereocenters. The number of hydrogen-bond donors (Lipinski definition) is 1. The van der Waals surface area contributed by atoms with Crippen molar-refractivity contribution in [2.45, 2.75) is 19.3 Å². The molecule has 0 fully saturated rings. The maximum absolute atomic E-state index is 13.5. The Hall–Kier alpha value is -3.33. The van der Waals surface area contributed by atoms with Gasteiger partial charge in [0.05, 0.1) is 5.69 Å². The minimum atomic E-state index is -0.423. The first kappa shape index (κ1) is 16.8. The number of nitrogens with zero attached hydrogens (tertiary/aromatic N) is 6. The smallest absolute Gasteiger partial charge is 0.226 e. The molecule has 1 N–H and O–H groups in total. The summed E-state index contributed by atoms with van der Waals surface area (Å²) >= 11 is 6.28. The molecule has 0 spiro atoms. The molecule has 10 heteroatoms. The SMILES string of the molecule is Cc1nn(-c2ccc3nncn3n2)c2c1[C@@H](c1ccc(F)cc1Cl)CC(=O)N2. The number of fused-ring (bicyclic) bond motifs is 2. The second kappa shape index (κ2) is 6.10. The zero-order valence-electron chi connectivity index (χ0n) is 14.6. The van der Waals surface area contributed by atoms with Crippen molar-refractivity contribution in [1.29, 1.82) is 0 Å². The lowest BCUT2D eigenvalue weighted by atomic mass is 9.86. The maximum atomic E-state index is 13.5. The number of benzene rings is 1. The Morgan fingerprint density at radius 1 is 1.25 bits per heavy atom. The lowest BCUT2D eigenvalue weighted by molar-refractivity contribution is -0.116. The Kier molecular flexibility index (Phi) is 3.66. The molecule has 4 aromatic rings. The molecule has 0 saturated heterocycles. The lowest BCUT2D eigenvalue weighted by Crippen LogP contribution is -2.25. The molecule has 1 aliphatic heterocycles. The number of aryl methyl sites for hydroxylation is 1. The van der Waals surface area contributed by atoms with Crippen LogP contribution >= 0.6 is 11.6 Å². The average molecular weight is 398 g/mol. The number of amides is 1. The number of halogens is 2. The van der Waals surface area contributed by atoms with Crippen LogP contribution in [0.5, 0.6) is 0 Å². The van der Waals surface area contributed by atoms with E-state index in [1.165, 1.54) is 23.0 Å². The number of anilines is 1. The van der Waals surface area contributed by atoms with Gasteiger partial charge in [0.15, 0.2) is 11.5 Å². The van der Waals surface area contributed by atoms with E-state index in [1.807, 2.05) is 6.92 Å². The largest absolute Gasteiger partial charge is 0.310 e. The fraction of sp³-hybridized carbons (Fsp3) is 0.167. The van der Waals surface area contributed by atoms with Crippen molar-refractivity contribution in [3.05, 3.63) is 64.3 Å². The summed E-state index contributed by atoms with van der Waals surface area (Å²) in [5, 5.41) is 19.9. The van der Waals surface area contributed by atoms with E-state index in [-0.39, 0.29) is 23.3 Å². The fourth-order valence-corrected chi connectivity index (χ4v) is 3.89. The standard InChI is InChI=1S/C18H13ClFN7O/c1-9-17-12(11-3-2-10(20)6-13(11)19)7-16(28)22-18(17)27(24-9)15-5-4-14-23-21-8-26(14)25-15/h2-6,8,12H,7H2,1H3,(H,22,28)/t12-/m1/s1. The summed E-state index contributed by atoms with van der Waals surface area (Å²) < 4.78 is 16.6. The number of nitrogens with one attached hydrogen (secondary N) is 1. The van der Waals surface area contributed by atoms with Crippen LogP contribution in [0.2, 0.25) is 5.02 Å². The van der Waals surface area contributed by atoms with Gasteiger partial charge in [-0.1, -0.05) is 17.7 Å². The van der Waals surface area contributed by atoms with E-state index >= 15 is 0 Å². The topological polar surface area (TPSA) is 90.0 Å². The van der Waals surface area contributed by atoms with E-state index < -0.39 is 5.82 Å². The van der Waals surface area contributed by atoms with Gasteiger partial charge >= 0.3 is 0 Å². The van der Waals surface area contributed by atoms with Gasteiger partial charge in [-0.2, -0.15) is 14.3 Å². The van der Waals surface area contributed by atoms with E-state index in [9.17, 15) is 9.18 Å². The lowest BCUT2D eigenvalue weighted by Gasteiger charge is -2.25. The molecular weight excluding hydrogens is 385 g/mol. The average Bonchev–Trinajstić information content (AvgIpc) is 3.25. The highest BCUT2D eigenvalue weighted by molar-refractivity contribution is 6.31. The molecule has 140 valence electrons. The van der Waals surface area contributed by atoms with Crippen molar-refractivity contribution in [3.8, 4) is 5.82 Å². The molecule has 28 heavy (non-hydrogen) atoms. The molecular formula is C18H13ClFN7O. The second-order valence-corrected chi connectivity index (χ2v) is 6.96. The molecule has 0 bridgehead atoms. The first-order valence-corrected chi connectivity index (χ1v) is 8.91. The summed E-state index contributed by atoms with van der Waals surface area (Å²) in [4.78, 5) is 12.4. The highest BCUT2D eigenvalue weighted by Crippen LogP contribution is 2.42.